The molecule has 8 heteroatoms. The van der Waals surface area contributed by atoms with E-state index in [0.29, 0.717) is 30.0 Å². The Hall–Kier alpha value is -2.71. The SMILES string of the molecule is C=C/C(=C\C)n1ncc(C(=O)Nc2ccc(S(=O)(=O)N(CCC)CCC)cc2)c1C. The van der Waals surface area contributed by atoms with Crippen LogP contribution in [0.5, 0.6) is 0 Å². The molecule has 2 rings (SSSR count). The van der Waals surface area contributed by atoms with Crippen LogP contribution in [0.15, 0.2) is 54.1 Å². The fraction of sp³-hybridized carbons (Fsp3) is 0.364. The third-order valence-corrected chi connectivity index (χ3v) is 6.61. The molecule has 0 saturated heterocycles. The number of nitrogens with one attached hydrogen (secondary N) is 1. The maximum atomic E-state index is 12.8. The van der Waals surface area contributed by atoms with E-state index >= 15 is 0 Å². The maximum Gasteiger partial charge on any atom is 0.259 e. The summed E-state index contributed by atoms with van der Waals surface area (Å²) < 4.78 is 28.8. The molecule has 1 N–H and O–H groups in total. The first kappa shape index (κ1) is 23.6. The third kappa shape index (κ3) is 5.06. The summed E-state index contributed by atoms with van der Waals surface area (Å²) in [4.78, 5) is 12.9. The Morgan fingerprint density at radius 1 is 1.20 bits per heavy atom. The van der Waals surface area contributed by atoms with Gasteiger partial charge < -0.3 is 5.32 Å². The van der Waals surface area contributed by atoms with E-state index in [1.165, 1.54) is 22.6 Å². The average molecular weight is 431 g/mol. The second kappa shape index (κ2) is 10.4. The molecule has 7 nitrogen and oxygen atoms in total. The summed E-state index contributed by atoms with van der Waals surface area (Å²) in [7, 11) is -3.55. The van der Waals surface area contributed by atoms with Gasteiger partial charge in [0.1, 0.15) is 0 Å². The van der Waals surface area contributed by atoms with Gasteiger partial charge in [-0.3, -0.25) is 4.79 Å². The van der Waals surface area contributed by atoms with E-state index in [-0.39, 0.29) is 10.8 Å². The van der Waals surface area contributed by atoms with Crippen LogP contribution < -0.4 is 5.32 Å². The lowest BCUT2D eigenvalue weighted by molar-refractivity contribution is 0.102. The number of hydrogen-bond donors (Lipinski definition) is 1. The molecule has 0 aliphatic carbocycles. The number of carbonyl (C=O) groups is 1. The number of allylic oxidation sites excluding steroid dienone is 3. The molecular weight excluding hydrogens is 400 g/mol. The first-order valence-electron chi connectivity index (χ1n) is 10.0. The third-order valence-electron chi connectivity index (χ3n) is 4.70. The Kier molecular flexibility index (Phi) is 8.14. The monoisotopic (exact) mass is 430 g/mol. The van der Waals surface area contributed by atoms with Crippen molar-refractivity contribution in [2.24, 2.45) is 0 Å². The van der Waals surface area contributed by atoms with Crippen LogP contribution in [0.2, 0.25) is 0 Å². The second-order valence-electron chi connectivity index (χ2n) is 6.86. The molecule has 0 unspecified atom stereocenters. The minimum Gasteiger partial charge on any atom is -0.322 e. The van der Waals surface area contributed by atoms with Crippen molar-refractivity contribution in [3.8, 4) is 0 Å². The van der Waals surface area contributed by atoms with Gasteiger partial charge in [0, 0.05) is 18.8 Å². The number of rotatable bonds is 10. The standard InChI is InChI=1S/C22H30N4O3S/c1-6-14-25(15-7-2)30(28,29)20-12-10-18(11-13-20)24-22(27)21-16-23-26(17(21)5)19(8-3)9-4/h8-13,16H,3,6-7,14-15H2,1-2,4-5H3,(H,24,27)/b19-9+. The number of benzene rings is 1. The van der Waals surface area contributed by atoms with Crippen LogP contribution in [0, 0.1) is 6.92 Å². The zero-order valence-corrected chi connectivity index (χ0v) is 18.9. The molecule has 1 amide bonds. The van der Waals surface area contributed by atoms with Crippen LogP contribution in [0.25, 0.3) is 5.70 Å². The van der Waals surface area contributed by atoms with Gasteiger partial charge in [-0.05, 0) is 57.0 Å². The lowest BCUT2D eigenvalue weighted by Gasteiger charge is -2.21. The van der Waals surface area contributed by atoms with Crippen molar-refractivity contribution in [2.75, 3.05) is 18.4 Å². The van der Waals surface area contributed by atoms with Gasteiger partial charge >= 0.3 is 0 Å². The van der Waals surface area contributed by atoms with Gasteiger partial charge in [0.2, 0.25) is 10.0 Å². The predicted molar refractivity (Wildman–Crippen MR) is 121 cm³/mol. The van der Waals surface area contributed by atoms with Crippen molar-refractivity contribution in [2.45, 2.75) is 45.4 Å². The molecule has 1 aromatic carbocycles. The Balaban J connectivity index is 2.20. The highest BCUT2D eigenvalue weighted by molar-refractivity contribution is 7.89. The van der Waals surface area contributed by atoms with Gasteiger partial charge in [-0.1, -0.05) is 26.5 Å². The average Bonchev–Trinajstić information content (AvgIpc) is 3.10. The minimum absolute atomic E-state index is 0.218. The first-order valence-corrected chi connectivity index (χ1v) is 11.5. The molecule has 1 aromatic heterocycles. The second-order valence-corrected chi connectivity index (χ2v) is 8.79. The van der Waals surface area contributed by atoms with Crippen LogP contribution in [0.1, 0.15) is 49.7 Å². The lowest BCUT2D eigenvalue weighted by atomic mass is 10.2. The van der Waals surface area contributed by atoms with Crippen LogP contribution in [-0.2, 0) is 10.0 Å². The number of carbonyl (C=O) groups excluding carboxylic acids is 1. The molecule has 0 atom stereocenters. The molecule has 0 fully saturated rings. The fourth-order valence-electron chi connectivity index (χ4n) is 3.13. The van der Waals surface area contributed by atoms with Crippen LogP contribution in [0.3, 0.4) is 0 Å². The highest BCUT2D eigenvalue weighted by atomic mass is 32.2. The van der Waals surface area contributed by atoms with Crippen molar-refractivity contribution in [3.05, 3.63) is 60.5 Å². The molecule has 0 spiro atoms. The molecule has 0 bridgehead atoms. The number of aromatic nitrogens is 2. The first-order chi connectivity index (χ1) is 14.3. The molecule has 2 aromatic rings. The van der Waals surface area contributed by atoms with Crippen molar-refractivity contribution in [1.82, 2.24) is 14.1 Å². The smallest absolute Gasteiger partial charge is 0.259 e. The summed E-state index contributed by atoms with van der Waals surface area (Å²) in [5.74, 6) is -0.313. The molecule has 0 aliphatic rings. The Morgan fingerprint density at radius 3 is 2.30 bits per heavy atom. The number of nitrogens with zero attached hydrogens (tertiary/aromatic N) is 3. The summed E-state index contributed by atoms with van der Waals surface area (Å²) in [6.07, 6.45) is 6.53. The van der Waals surface area contributed by atoms with E-state index in [4.69, 9.17) is 0 Å². The zero-order valence-electron chi connectivity index (χ0n) is 18.1. The summed E-state index contributed by atoms with van der Waals surface area (Å²) in [5, 5.41) is 7.05. The zero-order chi connectivity index (χ0) is 22.3. The Morgan fingerprint density at radius 2 is 1.80 bits per heavy atom. The minimum atomic E-state index is -3.55. The molecule has 1 heterocycles. The molecule has 0 saturated carbocycles. The fourth-order valence-corrected chi connectivity index (χ4v) is 4.75. The van der Waals surface area contributed by atoms with E-state index in [1.807, 2.05) is 26.8 Å². The number of sulfonamides is 1. The largest absolute Gasteiger partial charge is 0.322 e. The van der Waals surface area contributed by atoms with Crippen molar-refractivity contribution < 1.29 is 13.2 Å². The predicted octanol–water partition coefficient (Wildman–Crippen LogP) is 4.30. The Bertz CT molecular complexity index is 1020. The van der Waals surface area contributed by atoms with Crippen LogP contribution in [-0.4, -0.2) is 41.5 Å². The quantitative estimate of drug-likeness (QED) is 0.570. The van der Waals surface area contributed by atoms with Gasteiger partial charge in [0.15, 0.2) is 0 Å². The summed E-state index contributed by atoms with van der Waals surface area (Å²) >= 11 is 0. The summed E-state index contributed by atoms with van der Waals surface area (Å²) in [5.41, 5.74) is 2.42. The number of anilines is 1. The van der Waals surface area contributed by atoms with Crippen LogP contribution in [0.4, 0.5) is 5.69 Å². The van der Waals surface area contributed by atoms with Crippen molar-refractivity contribution in [1.29, 1.82) is 0 Å². The van der Waals surface area contributed by atoms with E-state index in [2.05, 4.69) is 17.0 Å². The van der Waals surface area contributed by atoms with Crippen molar-refractivity contribution in [3.63, 3.8) is 0 Å². The molecule has 0 aliphatic heterocycles. The summed E-state index contributed by atoms with van der Waals surface area (Å²) in [6.45, 7) is 12.3. The van der Waals surface area contributed by atoms with Crippen LogP contribution >= 0.6 is 0 Å². The normalized spacial score (nSPS) is 12.2. The van der Waals surface area contributed by atoms with E-state index < -0.39 is 10.0 Å². The van der Waals surface area contributed by atoms with Crippen molar-refractivity contribution >= 4 is 27.3 Å². The van der Waals surface area contributed by atoms with E-state index in [0.717, 1.165) is 18.5 Å². The molecule has 30 heavy (non-hydrogen) atoms. The van der Waals surface area contributed by atoms with Gasteiger partial charge in [-0.15, -0.1) is 0 Å². The topological polar surface area (TPSA) is 84.3 Å². The summed E-state index contributed by atoms with van der Waals surface area (Å²) in [6, 6.07) is 6.24. The van der Waals surface area contributed by atoms with E-state index in [1.54, 1.807) is 29.8 Å². The maximum absolute atomic E-state index is 12.8. The molecule has 162 valence electrons. The molecule has 0 radical (unpaired) electrons. The van der Waals surface area contributed by atoms with E-state index in [9.17, 15) is 13.2 Å². The Labute approximate surface area is 179 Å². The van der Waals surface area contributed by atoms with Gasteiger partial charge in [0.05, 0.1) is 28.0 Å². The lowest BCUT2D eigenvalue weighted by Crippen LogP contribution is -2.32. The number of amides is 1. The van der Waals surface area contributed by atoms with Gasteiger partial charge in [-0.25, -0.2) is 13.1 Å². The van der Waals surface area contributed by atoms with Gasteiger partial charge in [-0.2, -0.15) is 9.40 Å². The highest BCUT2D eigenvalue weighted by Crippen LogP contribution is 2.20. The molecular formula is C22H30N4O3S. The number of hydrogen-bond acceptors (Lipinski definition) is 4. The highest BCUT2D eigenvalue weighted by Gasteiger charge is 2.23. The van der Waals surface area contributed by atoms with Gasteiger partial charge in [0.25, 0.3) is 5.91 Å².